The molecule has 5 nitrogen and oxygen atoms in total. The first-order valence-electron chi connectivity index (χ1n) is 12.1. The number of morpholine rings is 1. The lowest BCUT2D eigenvalue weighted by Crippen LogP contribution is -2.36. The Kier molecular flexibility index (Phi) is 8.56. The number of hydrogen-bond donors (Lipinski definition) is 0. The number of halogens is 1. The van der Waals surface area contributed by atoms with Crippen molar-refractivity contribution in [1.82, 2.24) is 4.90 Å². The standard InChI is InChI=1S/C28H33ClN4O/c1-3-32(4-2)26-13-9-22(10-14-26)19-23-11-12-25(28(23)33-15-17-34-18-16-33)21-31-30-20-24-7-5-6-8-27(24)29/h5-10,13-14,19-21H,3-4,11-12,15-18H2,1-2H3/b23-19+,30-20+,31-21+. The van der Waals surface area contributed by atoms with Gasteiger partial charge in [-0.2, -0.15) is 10.2 Å². The molecular weight excluding hydrogens is 444 g/mol. The van der Waals surface area contributed by atoms with Gasteiger partial charge in [-0.3, -0.25) is 0 Å². The minimum absolute atomic E-state index is 0.674. The van der Waals surface area contributed by atoms with Crippen LogP contribution in [-0.2, 0) is 4.74 Å². The van der Waals surface area contributed by atoms with E-state index in [-0.39, 0.29) is 0 Å². The van der Waals surface area contributed by atoms with Gasteiger partial charge in [0.25, 0.3) is 0 Å². The summed E-state index contributed by atoms with van der Waals surface area (Å²) >= 11 is 6.21. The Balaban J connectivity index is 1.58. The third-order valence-corrected chi connectivity index (χ3v) is 6.69. The molecule has 0 atom stereocenters. The molecule has 2 aromatic carbocycles. The van der Waals surface area contributed by atoms with Gasteiger partial charge in [0, 0.05) is 48.1 Å². The second kappa shape index (κ2) is 12.0. The summed E-state index contributed by atoms with van der Waals surface area (Å²) in [7, 11) is 0. The first-order chi connectivity index (χ1) is 16.7. The fraction of sp³-hybridized carbons (Fsp3) is 0.357. The zero-order valence-electron chi connectivity index (χ0n) is 20.1. The number of nitrogens with zero attached hydrogens (tertiary/aromatic N) is 4. The number of rotatable bonds is 8. The van der Waals surface area contributed by atoms with E-state index in [4.69, 9.17) is 16.3 Å². The molecule has 1 aliphatic carbocycles. The van der Waals surface area contributed by atoms with Crippen LogP contribution >= 0.6 is 11.6 Å². The first kappa shape index (κ1) is 24.2. The largest absolute Gasteiger partial charge is 0.378 e. The van der Waals surface area contributed by atoms with E-state index < -0.39 is 0 Å². The number of benzene rings is 2. The van der Waals surface area contributed by atoms with Gasteiger partial charge >= 0.3 is 0 Å². The highest BCUT2D eigenvalue weighted by Gasteiger charge is 2.25. The number of hydrogen-bond acceptors (Lipinski definition) is 5. The van der Waals surface area contributed by atoms with Crippen molar-refractivity contribution < 1.29 is 4.74 Å². The Labute approximate surface area is 208 Å². The van der Waals surface area contributed by atoms with E-state index >= 15 is 0 Å². The molecule has 178 valence electrons. The molecule has 1 saturated heterocycles. The topological polar surface area (TPSA) is 40.4 Å². The highest BCUT2D eigenvalue weighted by Crippen LogP contribution is 2.35. The van der Waals surface area contributed by atoms with Crippen LogP contribution in [0.15, 0.2) is 75.6 Å². The molecule has 0 radical (unpaired) electrons. The molecule has 0 bridgehead atoms. The summed E-state index contributed by atoms with van der Waals surface area (Å²) in [6.45, 7) is 9.72. The molecule has 2 aromatic rings. The zero-order valence-corrected chi connectivity index (χ0v) is 20.8. The maximum absolute atomic E-state index is 6.21. The van der Waals surface area contributed by atoms with Crippen LogP contribution in [0.2, 0.25) is 5.02 Å². The predicted molar refractivity (Wildman–Crippen MR) is 144 cm³/mol. The summed E-state index contributed by atoms with van der Waals surface area (Å²) in [6.07, 6.45) is 7.89. The molecular formula is C28H33ClN4O. The van der Waals surface area contributed by atoms with Crippen LogP contribution in [0.4, 0.5) is 5.69 Å². The summed E-state index contributed by atoms with van der Waals surface area (Å²) in [5, 5.41) is 9.29. The molecule has 0 spiro atoms. The minimum atomic E-state index is 0.674. The van der Waals surface area contributed by atoms with Gasteiger partial charge in [0.2, 0.25) is 0 Å². The van der Waals surface area contributed by atoms with Gasteiger partial charge in [-0.25, -0.2) is 0 Å². The van der Waals surface area contributed by atoms with Crippen LogP contribution in [0.5, 0.6) is 0 Å². The minimum Gasteiger partial charge on any atom is -0.378 e. The molecule has 1 heterocycles. The second-order valence-corrected chi connectivity index (χ2v) is 8.82. The highest BCUT2D eigenvalue weighted by atomic mass is 35.5. The van der Waals surface area contributed by atoms with E-state index in [0.29, 0.717) is 5.02 Å². The Morgan fingerprint density at radius 1 is 0.941 bits per heavy atom. The molecule has 0 amide bonds. The molecule has 0 N–H and O–H groups in total. The van der Waals surface area contributed by atoms with Crippen molar-refractivity contribution in [2.75, 3.05) is 44.3 Å². The fourth-order valence-electron chi connectivity index (χ4n) is 4.52. The van der Waals surface area contributed by atoms with E-state index in [2.05, 4.69) is 64.2 Å². The van der Waals surface area contributed by atoms with Gasteiger partial charge in [0.1, 0.15) is 0 Å². The smallest absolute Gasteiger partial charge is 0.0642 e. The summed E-state index contributed by atoms with van der Waals surface area (Å²) in [4.78, 5) is 4.80. The van der Waals surface area contributed by atoms with Crippen molar-refractivity contribution in [3.63, 3.8) is 0 Å². The van der Waals surface area contributed by atoms with Crippen molar-refractivity contribution in [3.05, 3.63) is 81.5 Å². The fourth-order valence-corrected chi connectivity index (χ4v) is 4.71. The molecule has 34 heavy (non-hydrogen) atoms. The Hall–Kier alpha value is -2.89. The summed E-state index contributed by atoms with van der Waals surface area (Å²) in [6, 6.07) is 16.5. The van der Waals surface area contributed by atoms with Crippen LogP contribution in [0.25, 0.3) is 6.08 Å². The van der Waals surface area contributed by atoms with E-state index in [1.807, 2.05) is 30.5 Å². The van der Waals surface area contributed by atoms with E-state index in [1.165, 1.54) is 28.1 Å². The SMILES string of the molecule is CCN(CC)c1ccc(/C=C2\CCC(/C=N/N=C/c3ccccc3Cl)=C2N2CCOCC2)cc1. The van der Waals surface area contributed by atoms with Crippen LogP contribution in [-0.4, -0.2) is 56.7 Å². The normalized spacial score (nSPS) is 18.1. The van der Waals surface area contributed by atoms with Crippen LogP contribution in [0.1, 0.15) is 37.8 Å². The van der Waals surface area contributed by atoms with Crippen molar-refractivity contribution >= 4 is 35.8 Å². The number of anilines is 1. The van der Waals surface area contributed by atoms with Gasteiger partial charge in [0.15, 0.2) is 0 Å². The summed E-state index contributed by atoms with van der Waals surface area (Å²) in [5.74, 6) is 0. The van der Waals surface area contributed by atoms with Gasteiger partial charge in [-0.15, -0.1) is 0 Å². The zero-order chi connectivity index (χ0) is 23.8. The third kappa shape index (κ3) is 5.96. The quantitative estimate of drug-likeness (QED) is 0.343. The highest BCUT2D eigenvalue weighted by molar-refractivity contribution is 6.33. The molecule has 0 saturated carbocycles. The third-order valence-electron chi connectivity index (χ3n) is 6.34. The molecule has 0 aromatic heterocycles. The predicted octanol–water partition coefficient (Wildman–Crippen LogP) is 6.05. The van der Waals surface area contributed by atoms with E-state index in [9.17, 15) is 0 Å². The second-order valence-electron chi connectivity index (χ2n) is 8.42. The number of ether oxygens (including phenoxy) is 1. The van der Waals surface area contributed by atoms with Crippen molar-refractivity contribution in [1.29, 1.82) is 0 Å². The average Bonchev–Trinajstić information content (AvgIpc) is 3.27. The lowest BCUT2D eigenvalue weighted by molar-refractivity contribution is 0.0548. The van der Waals surface area contributed by atoms with E-state index in [1.54, 1.807) is 6.21 Å². The molecule has 4 rings (SSSR count). The van der Waals surface area contributed by atoms with Crippen LogP contribution < -0.4 is 4.90 Å². The molecule has 1 fully saturated rings. The number of allylic oxidation sites excluding steroid dienone is 2. The van der Waals surface area contributed by atoms with Crippen molar-refractivity contribution in [2.24, 2.45) is 10.2 Å². The lowest BCUT2D eigenvalue weighted by Gasteiger charge is -2.31. The Bertz CT molecular complexity index is 1080. The lowest BCUT2D eigenvalue weighted by atomic mass is 10.1. The van der Waals surface area contributed by atoms with Gasteiger partial charge in [-0.05, 0) is 67.7 Å². The van der Waals surface area contributed by atoms with Crippen molar-refractivity contribution in [3.8, 4) is 0 Å². The average molecular weight is 477 g/mol. The summed E-state index contributed by atoms with van der Waals surface area (Å²) < 4.78 is 5.61. The van der Waals surface area contributed by atoms with Gasteiger partial charge in [-0.1, -0.05) is 41.9 Å². The first-order valence-corrected chi connectivity index (χ1v) is 12.5. The monoisotopic (exact) mass is 476 g/mol. The Morgan fingerprint density at radius 3 is 2.35 bits per heavy atom. The maximum Gasteiger partial charge on any atom is 0.0642 e. The van der Waals surface area contributed by atoms with Crippen molar-refractivity contribution in [2.45, 2.75) is 26.7 Å². The van der Waals surface area contributed by atoms with Crippen LogP contribution in [0.3, 0.4) is 0 Å². The maximum atomic E-state index is 6.21. The molecule has 6 heteroatoms. The molecule has 2 aliphatic rings. The summed E-state index contributed by atoms with van der Waals surface area (Å²) in [5.41, 5.74) is 7.23. The molecule has 0 unspecified atom stereocenters. The van der Waals surface area contributed by atoms with Gasteiger partial charge < -0.3 is 14.5 Å². The van der Waals surface area contributed by atoms with E-state index in [0.717, 1.165) is 57.8 Å². The van der Waals surface area contributed by atoms with Gasteiger partial charge in [0.05, 0.1) is 25.6 Å². The Morgan fingerprint density at radius 2 is 1.65 bits per heavy atom. The van der Waals surface area contributed by atoms with Crippen LogP contribution in [0, 0.1) is 0 Å². The molecule has 1 aliphatic heterocycles.